The molecular weight excluding hydrogens is 176 g/mol. The fourth-order valence-electron chi connectivity index (χ4n) is 0.654. The van der Waals surface area contributed by atoms with Crippen LogP contribution in [0.15, 0.2) is 0 Å². The summed E-state index contributed by atoms with van der Waals surface area (Å²) in [6.45, 7) is 3.88. The molecule has 0 bridgehead atoms. The summed E-state index contributed by atoms with van der Waals surface area (Å²) in [4.78, 5) is 0. The van der Waals surface area contributed by atoms with Crippen LogP contribution in [0.2, 0.25) is 0 Å². The van der Waals surface area contributed by atoms with Gasteiger partial charge in [0.15, 0.2) is 0 Å². The summed E-state index contributed by atoms with van der Waals surface area (Å²) in [5.41, 5.74) is 0. The molecule has 0 aliphatic rings. The Bertz CT molecular complexity index is 253. The van der Waals surface area contributed by atoms with Crippen molar-refractivity contribution in [2.24, 2.45) is 0 Å². The van der Waals surface area contributed by atoms with E-state index in [4.69, 9.17) is 6.42 Å². The first-order chi connectivity index (χ1) is 5.55. The average molecular weight is 190 g/mol. The van der Waals surface area contributed by atoms with Crippen LogP contribution in [-0.4, -0.2) is 21.0 Å². The third kappa shape index (κ3) is 4.34. The predicted octanol–water partition coefficient (Wildman–Crippen LogP) is -0.158. The van der Waals surface area contributed by atoms with Gasteiger partial charge in [-0.05, 0) is 6.42 Å². The van der Waals surface area contributed by atoms with Gasteiger partial charge in [-0.2, -0.15) is 13.1 Å². The van der Waals surface area contributed by atoms with Gasteiger partial charge in [-0.1, -0.05) is 19.8 Å². The zero-order chi connectivity index (χ0) is 9.61. The highest BCUT2D eigenvalue weighted by molar-refractivity contribution is 7.87. The first-order valence-corrected chi connectivity index (χ1v) is 5.27. The number of rotatable bonds is 5. The van der Waals surface area contributed by atoms with Crippen LogP contribution >= 0.6 is 0 Å². The number of terminal acetylenes is 1. The fourth-order valence-corrected chi connectivity index (χ4v) is 1.73. The Hall–Kier alpha value is -0.570. The van der Waals surface area contributed by atoms with E-state index < -0.39 is 16.3 Å². The van der Waals surface area contributed by atoms with Gasteiger partial charge in [-0.15, -0.1) is 6.42 Å². The minimum absolute atomic E-state index is 0.357. The molecule has 0 heterocycles. The lowest BCUT2D eigenvalue weighted by molar-refractivity contribution is 0.558. The summed E-state index contributed by atoms with van der Waals surface area (Å²) < 4.78 is 26.7. The van der Waals surface area contributed by atoms with Crippen molar-refractivity contribution in [2.45, 2.75) is 26.3 Å². The van der Waals surface area contributed by atoms with Crippen molar-refractivity contribution in [1.29, 1.82) is 0 Å². The zero-order valence-corrected chi connectivity index (χ0v) is 8.11. The Morgan fingerprint density at radius 3 is 2.42 bits per heavy atom. The van der Waals surface area contributed by atoms with Crippen LogP contribution in [0, 0.1) is 12.3 Å². The third-order valence-corrected chi connectivity index (χ3v) is 2.50. The molecule has 1 atom stereocenters. The second-order valence-corrected chi connectivity index (χ2v) is 3.78. The molecule has 0 aromatic carbocycles. The Kier molecular flexibility index (Phi) is 4.90. The molecule has 0 fully saturated rings. The molecule has 5 heteroatoms. The standard InChI is InChI=1S/C7H14N2O2S/c1-4-7(5-2)9-12(10,11)8-6-3/h1,7-9H,5-6H2,2-3H3. The van der Waals surface area contributed by atoms with Crippen molar-refractivity contribution in [2.75, 3.05) is 6.54 Å². The predicted molar refractivity (Wildman–Crippen MR) is 48.6 cm³/mol. The minimum Gasteiger partial charge on any atom is -0.203 e. The molecular formula is C7H14N2O2S. The molecule has 0 aliphatic carbocycles. The molecule has 0 amide bonds. The molecule has 0 spiro atoms. The molecule has 0 aromatic heterocycles. The Labute approximate surface area is 73.9 Å². The summed E-state index contributed by atoms with van der Waals surface area (Å²) in [7, 11) is -3.40. The molecule has 0 saturated heterocycles. The van der Waals surface area contributed by atoms with Crippen molar-refractivity contribution < 1.29 is 8.42 Å². The maximum absolute atomic E-state index is 11.0. The number of hydrogen-bond donors (Lipinski definition) is 2. The third-order valence-electron chi connectivity index (χ3n) is 1.24. The molecule has 12 heavy (non-hydrogen) atoms. The molecule has 0 radical (unpaired) electrons. The smallest absolute Gasteiger partial charge is 0.203 e. The van der Waals surface area contributed by atoms with Gasteiger partial charge in [-0.3, -0.25) is 0 Å². The second kappa shape index (κ2) is 5.14. The van der Waals surface area contributed by atoms with Crippen LogP contribution in [0.25, 0.3) is 0 Å². The number of nitrogens with one attached hydrogen (secondary N) is 2. The quantitative estimate of drug-likeness (QED) is 0.592. The van der Waals surface area contributed by atoms with Crippen molar-refractivity contribution >= 4 is 10.2 Å². The SMILES string of the molecule is C#CC(CC)NS(=O)(=O)NCC. The second-order valence-electron chi connectivity index (χ2n) is 2.25. The van der Waals surface area contributed by atoms with Gasteiger partial charge in [0, 0.05) is 6.54 Å². The fraction of sp³-hybridized carbons (Fsp3) is 0.714. The van der Waals surface area contributed by atoms with Gasteiger partial charge in [0.1, 0.15) is 0 Å². The molecule has 1 unspecified atom stereocenters. The summed E-state index contributed by atoms with van der Waals surface area (Å²) >= 11 is 0. The summed E-state index contributed by atoms with van der Waals surface area (Å²) in [5, 5.41) is 0. The van der Waals surface area contributed by atoms with Crippen molar-refractivity contribution in [1.82, 2.24) is 9.44 Å². The molecule has 0 saturated carbocycles. The van der Waals surface area contributed by atoms with Gasteiger partial charge >= 0.3 is 0 Å². The largest absolute Gasteiger partial charge is 0.277 e. The lowest BCUT2D eigenvalue weighted by atomic mass is 10.3. The van der Waals surface area contributed by atoms with Crippen LogP contribution in [0.4, 0.5) is 0 Å². The van der Waals surface area contributed by atoms with Crippen molar-refractivity contribution in [3.8, 4) is 12.3 Å². The van der Waals surface area contributed by atoms with E-state index in [2.05, 4.69) is 15.4 Å². The first-order valence-electron chi connectivity index (χ1n) is 3.78. The van der Waals surface area contributed by atoms with Gasteiger partial charge in [0.25, 0.3) is 10.2 Å². The first kappa shape index (κ1) is 11.4. The Balaban J connectivity index is 4.16. The number of hydrogen-bond acceptors (Lipinski definition) is 2. The molecule has 4 nitrogen and oxygen atoms in total. The molecule has 0 aliphatic heterocycles. The van der Waals surface area contributed by atoms with E-state index in [1.54, 1.807) is 6.92 Å². The summed E-state index contributed by atoms with van der Waals surface area (Å²) in [6.07, 6.45) is 5.67. The highest BCUT2D eigenvalue weighted by Crippen LogP contribution is 1.90. The summed E-state index contributed by atoms with van der Waals surface area (Å²) in [6, 6.07) is -0.422. The van der Waals surface area contributed by atoms with E-state index >= 15 is 0 Å². The molecule has 0 aromatic rings. The van der Waals surface area contributed by atoms with Crippen LogP contribution < -0.4 is 9.44 Å². The van der Waals surface area contributed by atoms with Gasteiger partial charge < -0.3 is 0 Å². The van der Waals surface area contributed by atoms with E-state index in [9.17, 15) is 8.42 Å². The van der Waals surface area contributed by atoms with Crippen LogP contribution in [0.5, 0.6) is 0 Å². The summed E-state index contributed by atoms with van der Waals surface area (Å²) in [5.74, 6) is 2.34. The molecule has 0 rings (SSSR count). The Morgan fingerprint density at radius 1 is 1.50 bits per heavy atom. The van der Waals surface area contributed by atoms with E-state index in [1.807, 2.05) is 6.92 Å². The minimum atomic E-state index is -3.40. The van der Waals surface area contributed by atoms with Gasteiger partial charge in [0.05, 0.1) is 6.04 Å². The maximum atomic E-state index is 11.0. The normalized spacial score (nSPS) is 13.8. The maximum Gasteiger partial charge on any atom is 0.277 e. The van der Waals surface area contributed by atoms with E-state index in [0.29, 0.717) is 13.0 Å². The lowest BCUT2D eigenvalue weighted by Gasteiger charge is -2.10. The molecule has 70 valence electrons. The van der Waals surface area contributed by atoms with Crippen LogP contribution in [-0.2, 0) is 10.2 Å². The average Bonchev–Trinajstić information content (AvgIpc) is 2.00. The highest BCUT2D eigenvalue weighted by Gasteiger charge is 2.12. The molecule has 2 N–H and O–H groups in total. The van der Waals surface area contributed by atoms with E-state index in [1.165, 1.54) is 0 Å². The van der Waals surface area contributed by atoms with Gasteiger partial charge in [-0.25, -0.2) is 4.72 Å². The van der Waals surface area contributed by atoms with Crippen LogP contribution in [0.1, 0.15) is 20.3 Å². The monoisotopic (exact) mass is 190 g/mol. The zero-order valence-electron chi connectivity index (χ0n) is 7.29. The van der Waals surface area contributed by atoms with Crippen molar-refractivity contribution in [3.63, 3.8) is 0 Å². The highest BCUT2D eigenvalue weighted by atomic mass is 32.2. The Morgan fingerprint density at radius 2 is 2.08 bits per heavy atom. The van der Waals surface area contributed by atoms with Gasteiger partial charge in [0.2, 0.25) is 0 Å². The van der Waals surface area contributed by atoms with Crippen LogP contribution in [0.3, 0.4) is 0 Å². The van der Waals surface area contributed by atoms with Crippen molar-refractivity contribution in [3.05, 3.63) is 0 Å². The van der Waals surface area contributed by atoms with E-state index in [-0.39, 0.29) is 0 Å². The topological polar surface area (TPSA) is 58.2 Å². The lowest BCUT2D eigenvalue weighted by Crippen LogP contribution is -2.41. The van der Waals surface area contributed by atoms with E-state index in [0.717, 1.165) is 0 Å².